The van der Waals surface area contributed by atoms with Crippen LogP contribution in [0, 0.1) is 0 Å². The zero-order chi connectivity index (χ0) is 19.4. The lowest BCUT2D eigenvalue weighted by Gasteiger charge is -2.09. The molecule has 3 rings (SSSR count). The van der Waals surface area contributed by atoms with Crippen molar-refractivity contribution in [1.82, 2.24) is 10.2 Å². The van der Waals surface area contributed by atoms with E-state index in [-0.39, 0.29) is 21.8 Å². The molecule has 27 heavy (non-hydrogen) atoms. The molecular formula is C17H12Cl2N4O3S. The lowest BCUT2D eigenvalue weighted by atomic mass is 10.2. The van der Waals surface area contributed by atoms with E-state index in [2.05, 4.69) is 20.2 Å². The summed E-state index contributed by atoms with van der Waals surface area (Å²) in [6.07, 6.45) is 0. The molecule has 10 heteroatoms. The summed E-state index contributed by atoms with van der Waals surface area (Å²) in [5.41, 5.74) is 0.826. The fourth-order valence-corrected chi connectivity index (χ4v) is 3.40. The standard InChI is InChI=1S/C17H12Cl2N4O3S/c18-12-3-1-2-11(10-12)17(24)20-13-4-6-14(7-5-13)27(25,26)23-16-9-8-15(19)21-22-16/h1-10H,(H,20,24)(H,22,23). The van der Waals surface area contributed by atoms with E-state index >= 15 is 0 Å². The molecule has 0 bridgehead atoms. The molecule has 3 aromatic rings. The summed E-state index contributed by atoms with van der Waals surface area (Å²) >= 11 is 11.5. The molecule has 0 aliphatic rings. The number of sulfonamides is 1. The van der Waals surface area contributed by atoms with Gasteiger partial charge in [0.15, 0.2) is 11.0 Å². The maximum atomic E-state index is 12.4. The lowest BCUT2D eigenvalue weighted by Crippen LogP contribution is -2.15. The lowest BCUT2D eigenvalue weighted by molar-refractivity contribution is 0.102. The minimum absolute atomic E-state index is 0.00000420. The number of carbonyl (C=O) groups is 1. The zero-order valence-electron chi connectivity index (χ0n) is 13.6. The number of hydrogen-bond donors (Lipinski definition) is 2. The predicted octanol–water partition coefficient (Wildman–Crippen LogP) is 3.84. The number of anilines is 2. The molecule has 2 aromatic carbocycles. The van der Waals surface area contributed by atoms with E-state index in [0.717, 1.165) is 0 Å². The molecule has 1 aromatic heterocycles. The van der Waals surface area contributed by atoms with E-state index in [1.165, 1.54) is 42.5 Å². The van der Waals surface area contributed by atoms with Crippen molar-refractivity contribution in [2.45, 2.75) is 4.90 Å². The Kier molecular flexibility index (Phi) is 5.59. The summed E-state index contributed by atoms with van der Waals surface area (Å²) < 4.78 is 27.0. The highest BCUT2D eigenvalue weighted by atomic mass is 35.5. The molecular weight excluding hydrogens is 411 g/mol. The molecule has 0 atom stereocenters. The van der Waals surface area contributed by atoms with Crippen molar-refractivity contribution in [2.75, 3.05) is 10.0 Å². The van der Waals surface area contributed by atoms with Crippen LogP contribution in [0.15, 0.2) is 65.6 Å². The first-order valence-corrected chi connectivity index (χ1v) is 9.76. The van der Waals surface area contributed by atoms with Crippen LogP contribution in [-0.4, -0.2) is 24.5 Å². The molecule has 138 valence electrons. The highest BCUT2D eigenvalue weighted by Crippen LogP contribution is 2.18. The number of halogens is 2. The Balaban J connectivity index is 1.72. The summed E-state index contributed by atoms with van der Waals surface area (Å²) in [5.74, 6) is -0.319. The van der Waals surface area contributed by atoms with E-state index < -0.39 is 10.0 Å². The summed E-state index contributed by atoms with van der Waals surface area (Å²) in [6, 6.07) is 15.0. The first-order valence-electron chi connectivity index (χ1n) is 7.52. The van der Waals surface area contributed by atoms with Gasteiger partial charge in [0.2, 0.25) is 0 Å². The van der Waals surface area contributed by atoms with Crippen LogP contribution in [0.5, 0.6) is 0 Å². The maximum absolute atomic E-state index is 12.4. The van der Waals surface area contributed by atoms with Gasteiger partial charge in [0.25, 0.3) is 15.9 Å². The van der Waals surface area contributed by atoms with E-state index in [1.54, 1.807) is 18.2 Å². The van der Waals surface area contributed by atoms with Crippen molar-refractivity contribution >= 4 is 50.6 Å². The summed E-state index contributed by atoms with van der Waals surface area (Å²) in [5, 5.41) is 10.5. The van der Waals surface area contributed by atoms with Crippen molar-refractivity contribution in [1.29, 1.82) is 0 Å². The normalized spacial score (nSPS) is 11.0. The third kappa shape index (κ3) is 4.94. The Hall–Kier alpha value is -2.68. The van der Waals surface area contributed by atoms with Crippen molar-refractivity contribution in [2.24, 2.45) is 0 Å². The van der Waals surface area contributed by atoms with Gasteiger partial charge in [-0.3, -0.25) is 9.52 Å². The monoisotopic (exact) mass is 422 g/mol. The Labute approximate surface area is 165 Å². The summed E-state index contributed by atoms with van der Waals surface area (Å²) in [4.78, 5) is 12.2. The number of nitrogens with one attached hydrogen (secondary N) is 2. The molecule has 0 spiro atoms. The second kappa shape index (κ2) is 7.91. The number of benzene rings is 2. The molecule has 1 amide bonds. The number of amides is 1. The molecule has 2 N–H and O–H groups in total. The number of rotatable bonds is 5. The van der Waals surface area contributed by atoms with E-state index in [1.807, 2.05) is 0 Å². The number of aromatic nitrogens is 2. The third-order valence-corrected chi connectivity index (χ3v) is 5.19. The van der Waals surface area contributed by atoms with Gasteiger partial charge in [-0.2, -0.15) is 0 Å². The second-order valence-corrected chi connectivity index (χ2v) is 7.84. The first kappa shape index (κ1) is 19.1. The average molecular weight is 423 g/mol. The Bertz CT molecular complexity index is 1070. The Morgan fingerprint density at radius 1 is 0.926 bits per heavy atom. The quantitative estimate of drug-likeness (QED) is 0.650. The van der Waals surface area contributed by atoms with Crippen molar-refractivity contribution in [3.8, 4) is 0 Å². The molecule has 0 aliphatic heterocycles. The molecule has 0 radical (unpaired) electrons. The van der Waals surface area contributed by atoms with Gasteiger partial charge < -0.3 is 5.32 Å². The minimum Gasteiger partial charge on any atom is -0.322 e. The van der Waals surface area contributed by atoms with Crippen LogP contribution in [0.3, 0.4) is 0 Å². The van der Waals surface area contributed by atoms with Gasteiger partial charge in [0.05, 0.1) is 4.90 Å². The van der Waals surface area contributed by atoms with Gasteiger partial charge in [-0.05, 0) is 54.6 Å². The highest BCUT2D eigenvalue weighted by molar-refractivity contribution is 7.92. The van der Waals surface area contributed by atoms with Gasteiger partial charge in [-0.1, -0.05) is 29.3 Å². The fourth-order valence-electron chi connectivity index (χ4n) is 2.12. The largest absolute Gasteiger partial charge is 0.322 e. The smallest absolute Gasteiger partial charge is 0.263 e. The van der Waals surface area contributed by atoms with Crippen molar-refractivity contribution in [3.63, 3.8) is 0 Å². The average Bonchev–Trinajstić information content (AvgIpc) is 2.64. The molecule has 0 unspecified atom stereocenters. The van der Waals surface area contributed by atoms with E-state index in [0.29, 0.717) is 16.3 Å². The van der Waals surface area contributed by atoms with Gasteiger partial charge in [0.1, 0.15) is 0 Å². The zero-order valence-corrected chi connectivity index (χ0v) is 15.9. The molecule has 0 saturated heterocycles. The minimum atomic E-state index is -3.85. The molecule has 7 nitrogen and oxygen atoms in total. The maximum Gasteiger partial charge on any atom is 0.263 e. The van der Waals surface area contributed by atoms with Crippen LogP contribution < -0.4 is 10.0 Å². The molecule has 0 aliphatic carbocycles. The SMILES string of the molecule is O=C(Nc1ccc(S(=O)(=O)Nc2ccc(Cl)nn2)cc1)c1cccc(Cl)c1. The Morgan fingerprint density at radius 3 is 2.30 bits per heavy atom. The summed E-state index contributed by atoms with van der Waals surface area (Å²) in [6.45, 7) is 0. The first-order chi connectivity index (χ1) is 12.8. The van der Waals surface area contributed by atoms with Gasteiger partial charge in [-0.15, -0.1) is 10.2 Å². The van der Waals surface area contributed by atoms with Crippen LogP contribution >= 0.6 is 23.2 Å². The number of hydrogen-bond acceptors (Lipinski definition) is 5. The van der Waals surface area contributed by atoms with Crippen molar-refractivity contribution in [3.05, 3.63) is 76.4 Å². The Morgan fingerprint density at radius 2 is 1.67 bits per heavy atom. The van der Waals surface area contributed by atoms with Crippen LogP contribution in [0.25, 0.3) is 0 Å². The molecule has 0 saturated carbocycles. The van der Waals surface area contributed by atoms with Crippen LogP contribution in [-0.2, 0) is 10.0 Å². The fraction of sp³-hybridized carbons (Fsp3) is 0. The van der Waals surface area contributed by atoms with Crippen molar-refractivity contribution < 1.29 is 13.2 Å². The highest BCUT2D eigenvalue weighted by Gasteiger charge is 2.15. The number of carbonyl (C=O) groups excluding carboxylic acids is 1. The molecule has 0 fully saturated rings. The number of nitrogens with zero attached hydrogens (tertiary/aromatic N) is 2. The third-order valence-electron chi connectivity index (χ3n) is 3.38. The van der Waals surface area contributed by atoms with Crippen LogP contribution in [0.2, 0.25) is 10.2 Å². The predicted molar refractivity (Wildman–Crippen MR) is 104 cm³/mol. The summed E-state index contributed by atoms with van der Waals surface area (Å²) in [7, 11) is -3.85. The second-order valence-electron chi connectivity index (χ2n) is 5.34. The van der Waals surface area contributed by atoms with Gasteiger partial charge in [-0.25, -0.2) is 8.42 Å². The van der Waals surface area contributed by atoms with Gasteiger partial charge >= 0.3 is 0 Å². The van der Waals surface area contributed by atoms with Crippen LogP contribution in [0.1, 0.15) is 10.4 Å². The van der Waals surface area contributed by atoms with E-state index in [9.17, 15) is 13.2 Å². The molecule has 1 heterocycles. The van der Waals surface area contributed by atoms with E-state index in [4.69, 9.17) is 23.2 Å². The van der Waals surface area contributed by atoms with Gasteiger partial charge in [0, 0.05) is 16.3 Å². The topological polar surface area (TPSA) is 101 Å². The van der Waals surface area contributed by atoms with Crippen LogP contribution in [0.4, 0.5) is 11.5 Å².